The molecule has 112 valence electrons. The maximum Gasteiger partial charge on any atom is 0.151 e. The molecule has 0 bridgehead atoms. The zero-order valence-corrected chi connectivity index (χ0v) is 13.4. The van der Waals surface area contributed by atoms with Crippen LogP contribution in [0.3, 0.4) is 0 Å². The fraction of sp³-hybridized carbons (Fsp3) is 0.250. The lowest BCUT2D eigenvalue weighted by Crippen LogP contribution is -2.07. The molecular formula is C16H14N2O2S2. The summed E-state index contributed by atoms with van der Waals surface area (Å²) in [6, 6.07) is 15.4. The van der Waals surface area contributed by atoms with E-state index in [0.29, 0.717) is 17.0 Å². The standard InChI is InChI=1S/C16H14N2O2S2/c17-10-13-6-7-15(12-4-2-1-3-5-12)18-16(13)21-14-8-9-22(19,20)11-14/h1-7,14H,8-9,11H2/t14-/m1/s1. The van der Waals surface area contributed by atoms with Gasteiger partial charge in [0.1, 0.15) is 11.1 Å². The largest absolute Gasteiger partial charge is 0.240 e. The summed E-state index contributed by atoms with van der Waals surface area (Å²) < 4.78 is 23.2. The molecule has 4 nitrogen and oxygen atoms in total. The monoisotopic (exact) mass is 330 g/mol. The molecule has 0 N–H and O–H groups in total. The van der Waals surface area contributed by atoms with Crippen LogP contribution in [0.25, 0.3) is 11.3 Å². The first-order chi connectivity index (χ1) is 10.6. The van der Waals surface area contributed by atoms with Gasteiger partial charge in [-0.3, -0.25) is 0 Å². The Kier molecular flexibility index (Phi) is 4.19. The van der Waals surface area contributed by atoms with Gasteiger partial charge in [0.2, 0.25) is 0 Å². The highest BCUT2D eigenvalue weighted by Gasteiger charge is 2.29. The Bertz CT molecular complexity index is 827. The van der Waals surface area contributed by atoms with E-state index in [2.05, 4.69) is 11.1 Å². The molecule has 22 heavy (non-hydrogen) atoms. The average molecular weight is 330 g/mol. The SMILES string of the molecule is N#Cc1ccc(-c2ccccc2)nc1S[C@@H]1CCS(=O)(=O)C1. The van der Waals surface area contributed by atoms with Crippen LogP contribution in [0.4, 0.5) is 0 Å². The second-order valence-corrected chi connectivity index (χ2v) is 8.69. The van der Waals surface area contributed by atoms with E-state index < -0.39 is 9.84 Å². The quantitative estimate of drug-likeness (QED) is 0.865. The number of pyridine rings is 1. The molecule has 0 spiro atoms. The summed E-state index contributed by atoms with van der Waals surface area (Å²) in [7, 11) is -2.93. The minimum Gasteiger partial charge on any atom is -0.240 e. The lowest BCUT2D eigenvalue weighted by molar-refractivity contribution is 0.602. The maximum absolute atomic E-state index is 11.6. The van der Waals surface area contributed by atoms with Crippen molar-refractivity contribution in [2.75, 3.05) is 11.5 Å². The van der Waals surface area contributed by atoms with Crippen LogP contribution in [0.5, 0.6) is 0 Å². The Morgan fingerprint density at radius 3 is 2.59 bits per heavy atom. The van der Waals surface area contributed by atoms with Gasteiger partial charge in [-0.2, -0.15) is 5.26 Å². The summed E-state index contributed by atoms with van der Waals surface area (Å²) in [4.78, 5) is 4.57. The lowest BCUT2D eigenvalue weighted by Gasteiger charge is -2.10. The molecule has 0 aliphatic carbocycles. The van der Waals surface area contributed by atoms with Crippen LogP contribution in [0.1, 0.15) is 12.0 Å². The molecule has 2 aromatic rings. The Labute approximate surface area is 134 Å². The molecule has 1 aliphatic rings. The van der Waals surface area contributed by atoms with Gasteiger partial charge in [0.25, 0.3) is 0 Å². The van der Waals surface area contributed by atoms with Crippen LogP contribution in [-0.2, 0) is 9.84 Å². The minimum atomic E-state index is -2.93. The predicted octanol–water partition coefficient (Wildman–Crippen LogP) is 2.90. The van der Waals surface area contributed by atoms with Crippen molar-refractivity contribution in [3.8, 4) is 17.3 Å². The highest BCUT2D eigenvalue weighted by molar-refractivity contribution is 8.01. The predicted molar refractivity (Wildman–Crippen MR) is 87.3 cm³/mol. The normalized spacial score (nSPS) is 19.7. The molecule has 0 saturated carbocycles. The van der Waals surface area contributed by atoms with E-state index in [4.69, 9.17) is 0 Å². The summed E-state index contributed by atoms with van der Waals surface area (Å²) in [5, 5.41) is 9.83. The van der Waals surface area contributed by atoms with Gasteiger partial charge in [-0.15, -0.1) is 11.8 Å². The summed E-state index contributed by atoms with van der Waals surface area (Å²) >= 11 is 1.40. The Balaban J connectivity index is 1.91. The molecule has 1 atom stereocenters. The van der Waals surface area contributed by atoms with E-state index in [1.165, 1.54) is 11.8 Å². The Morgan fingerprint density at radius 2 is 1.95 bits per heavy atom. The Morgan fingerprint density at radius 1 is 1.18 bits per heavy atom. The van der Waals surface area contributed by atoms with Crippen molar-refractivity contribution in [3.63, 3.8) is 0 Å². The molecular weight excluding hydrogens is 316 g/mol. The number of rotatable bonds is 3. The van der Waals surface area contributed by atoms with Gasteiger partial charge in [0.05, 0.1) is 22.8 Å². The highest BCUT2D eigenvalue weighted by atomic mass is 32.2. The van der Waals surface area contributed by atoms with Crippen molar-refractivity contribution < 1.29 is 8.42 Å². The molecule has 1 fully saturated rings. The summed E-state index contributed by atoms with van der Waals surface area (Å²) in [5.74, 6) is 0.394. The number of sulfone groups is 1. The number of hydrogen-bond acceptors (Lipinski definition) is 5. The first-order valence-corrected chi connectivity index (χ1v) is 9.61. The first-order valence-electron chi connectivity index (χ1n) is 6.91. The van der Waals surface area contributed by atoms with E-state index in [-0.39, 0.29) is 16.8 Å². The molecule has 6 heteroatoms. The van der Waals surface area contributed by atoms with E-state index in [1.54, 1.807) is 6.07 Å². The number of nitrogens with zero attached hydrogens (tertiary/aromatic N) is 2. The molecule has 2 heterocycles. The number of benzene rings is 1. The van der Waals surface area contributed by atoms with Gasteiger partial charge >= 0.3 is 0 Å². The zero-order chi connectivity index (χ0) is 15.6. The van der Waals surface area contributed by atoms with Crippen LogP contribution < -0.4 is 0 Å². The maximum atomic E-state index is 11.6. The smallest absolute Gasteiger partial charge is 0.151 e. The molecule has 1 saturated heterocycles. The molecule has 1 aromatic carbocycles. The molecule has 0 amide bonds. The van der Waals surface area contributed by atoms with Crippen LogP contribution in [-0.4, -0.2) is 30.2 Å². The second kappa shape index (κ2) is 6.11. The molecule has 1 aliphatic heterocycles. The number of nitriles is 1. The van der Waals surface area contributed by atoms with E-state index >= 15 is 0 Å². The zero-order valence-electron chi connectivity index (χ0n) is 11.8. The second-order valence-electron chi connectivity index (χ2n) is 5.17. The van der Waals surface area contributed by atoms with Gasteiger partial charge in [-0.25, -0.2) is 13.4 Å². The van der Waals surface area contributed by atoms with Crippen molar-refractivity contribution in [2.45, 2.75) is 16.7 Å². The van der Waals surface area contributed by atoms with Crippen molar-refractivity contribution in [2.24, 2.45) is 0 Å². The number of thioether (sulfide) groups is 1. The summed E-state index contributed by atoms with van der Waals surface area (Å²) in [6.07, 6.45) is 0.620. The van der Waals surface area contributed by atoms with Crippen LogP contribution >= 0.6 is 11.8 Å². The first kappa shape index (κ1) is 15.1. The minimum absolute atomic E-state index is 0.0179. The van der Waals surface area contributed by atoms with Gasteiger partial charge in [0.15, 0.2) is 9.84 Å². The van der Waals surface area contributed by atoms with E-state index in [1.807, 2.05) is 36.4 Å². The van der Waals surface area contributed by atoms with Crippen molar-refractivity contribution in [1.82, 2.24) is 4.98 Å². The topological polar surface area (TPSA) is 70.8 Å². The summed E-state index contributed by atoms with van der Waals surface area (Å²) in [5.41, 5.74) is 2.27. The Hall–Kier alpha value is -1.84. The van der Waals surface area contributed by atoms with Crippen molar-refractivity contribution in [3.05, 3.63) is 48.0 Å². The van der Waals surface area contributed by atoms with Crippen LogP contribution in [0, 0.1) is 11.3 Å². The fourth-order valence-electron chi connectivity index (χ4n) is 2.40. The lowest BCUT2D eigenvalue weighted by atomic mass is 10.1. The van der Waals surface area contributed by atoms with E-state index in [9.17, 15) is 13.7 Å². The van der Waals surface area contributed by atoms with E-state index in [0.717, 1.165) is 11.3 Å². The fourth-order valence-corrected chi connectivity index (χ4v) is 5.93. The highest BCUT2D eigenvalue weighted by Crippen LogP contribution is 2.33. The number of aromatic nitrogens is 1. The van der Waals surface area contributed by atoms with Crippen LogP contribution in [0.15, 0.2) is 47.5 Å². The average Bonchev–Trinajstić information content (AvgIpc) is 2.87. The van der Waals surface area contributed by atoms with Crippen molar-refractivity contribution in [1.29, 1.82) is 5.26 Å². The third-order valence-corrected chi connectivity index (χ3v) is 6.77. The van der Waals surface area contributed by atoms with Crippen molar-refractivity contribution >= 4 is 21.6 Å². The molecule has 1 aromatic heterocycles. The van der Waals surface area contributed by atoms with Gasteiger partial charge < -0.3 is 0 Å². The third kappa shape index (κ3) is 3.32. The van der Waals surface area contributed by atoms with Gasteiger partial charge in [-0.1, -0.05) is 30.3 Å². The molecule has 3 rings (SSSR count). The number of hydrogen-bond donors (Lipinski definition) is 0. The van der Waals surface area contributed by atoms with Gasteiger partial charge in [-0.05, 0) is 18.6 Å². The molecule has 0 radical (unpaired) electrons. The van der Waals surface area contributed by atoms with Crippen LogP contribution in [0.2, 0.25) is 0 Å². The van der Waals surface area contributed by atoms with Gasteiger partial charge in [0, 0.05) is 10.8 Å². The summed E-state index contributed by atoms with van der Waals surface area (Å²) in [6.45, 7) is 0. The molecule has 0 unspecified atom stereocenters. The third-order valence-electron chi connectivity index (χ3n) is 3.52.